The highest BCUT2D eigenvalue weighted by atomic mass is 16.6. The number of morpholine rings is 1. The summed E-state index contributed by atoms with van der Waals surface area (Å²) in [5.74, 6) is 0. The Morgan fingerprint density at radius 3 is 2.88 bits per heavy atom. The van der Waals surface area contributed by atoms with Crippen LogP contribution >= 0.6 is 0 Å². The summed E-state index contributed by atoms with van der Waals surface area (Å²) in [6.45, 7) is 6.93. The van der Waals surface area contributed by atoms with Crippen LogP contribution in [0.4, 0.5) is 4.79 Å². The summed E-state index contributed by atoms with van der Waals surface area (Å²) in [7, 11) is 0. The van der Waals surface area contributed by atoms with Gasteiger partial charge in [0.05, 0.1) is 25.9 Å². The molecule has 0 aromatic heterocycles. The zero-order chi connectivity index (χ0) is 12.9. The van der Waals surface area contributed by atoms with Crippen LogP contribution in [0.3, 0.4) is 0 Å². The molecule has 5 nitrogen and oxygen atoms in total. The number of rotatable bonds is 2. The smallest absolute Gasteiger partial charge is 0.410 e. The normalized spacial score (nSPS) is 21.9. The maximum absolute atomic E-state index is 11.9. The molecule has 1 N–H and O–H groups in total. The molecule has 98 valence electrons. The van der Waals surface area contributed by atoms with E-state index in [1.54, 1.807) is 17.1 Å². The summed E-state index contributed by atoms with van der Waals surface area (Å²) >= 11 is 0. The van der Waals surface area contributed by atoms with Crippen molar-refractivity contribution >= 4 is 6.09 Å². The molecule has 1 rings (SSSR count). The van der Waals surface area contributed by atoms with Crippen molar-refractivity contribution < 1.29 is 19.4 Å². The van der Waals surface area contributed by atoms with E-state index in [4.69, 9.17) is 14.6 Å². The van der Waals surface area contributed by atoms with Crippen molar-refractivity contribution in [1.29, 1.82) is 0 Å². The molecule has 0 aromatic rings. The first kappa shape index (κ1) is 14.0. The molecule has 1 fully saturated rings. The second kappa shape index (κ2) is 6.02. The fraction of sp³-hybridized carbons (Fsp3) is 0.750. The zero-order valence-electron chi connectivity index (χ0n) is 10.7. The fourth-order valence-electron chi connectivity index (χ4n) is 1.55. The molecule has 1 heterocycles. The Balaban J connectivity index is 2.64. The van der Waals surface area contributed by atoms with Crippen molar-refractivity contribution in [3.05, 3.63) is 12.2 Å². The van der Waals surface area contributed by atoms with Crippen molar-refractivity contribution in [1.82, 2.24) is 4.90 Å². The van der Waals surface area contributed by atoms with Gasteiger partial charge in [-0.3, -0.25) is 4.90 Å². The summed E-state index contributed by atoms with van der Waals surface area (Å²) in [6.07, 6.45) is 3.04. The first-order valence-electron chi connectivity index (χ1n) is 5.79. The molecule has 0 spiro atoms. The fourth-order valence-corrected chi connectivity index (χ4v) is 1.55. The Morgan fingerprint density at radius 1 is 1.59 bits per heavy atom. The molecule has 1 aliphatic heterocycles. The molecule has 0 aliphatic carbocycles. The van der Waals surface area contributed by atoms with Gasteiger partial charge < -0.3 is 14.6 Å². The standard InChI is InChI=1S/C12H21NO4/c1-12(2,3)17-11(15)13-6-8-16-9-10(13)5-4-7-14/h4-5,10,14H,6-9H2,1-3H3/t10-/m1/s1. The largest absolute Gasteiger partial charge is 0.444 e. The average molecular weight is 243 g/mol. The van der Waals surface area contributed by atoms with Crippen molar-refractivity contribution in [2.45, 2.75) is 32.4 Å². The molecule has 1 aliphatic rings. The van der Waals surface area contributed by atoms with Crippen LogP contribution in [0.2, 0.25) is 0 Å². The zero-order valence-corrected chi connectivity index (χ0v) is 10.7. The summed E-state index contributed by atoms with van der Waals surface area (Å²) in [5, 5.41) is 8.75. The van der Waals surface area contributed by atoms with E-state index in [1.807, 2.05) is 20.8 Å². The minimum atomic E-state index is -0.499. The van der Waals surface area contributed by atoms with E-state index in [1.165, 1.54) is 0 Å². The SMILES string of the molecule is CC(C)(C)OC(=O)N1CCOC[C@H]1C=CCO. The molecular weight excluding hydrogens is 222 g/mol. The van der Waals surface area contributed by atoms with E-state index in [0.717, 1.165) is 0 Å². The molecule has 0 unspecified atom stereocenters. The highest BCUT2D eigenvalue weighted by Crippen LogP contribution is 2.15. The van der Waals surface area contributed by atoms with Crippen LogP contribution in [0.1, 0.15) is 20.8 Å². The van der Waals surface area contributed by atoms with Crippen molar-refractivity contribution in [3.63, 3.8) is 0 Å². The Bertz CT molecular complexity index is 283. The average Bonchev–Trinajstić information content (AvgIpc) is 2.24. The van der Waals surface area contributed by atoms with Crippen LogP contribution in [-0.2, 0) is 9.47 Å². The number of amides is 1. The molecule has 0 bridgehead atoms. The van der Waals surface area contributed by atoms with E-state index < -0.39 is 5.60 Å². The van der Waals surface area contributed by atoms with Crippen LogP contribution in [0.15, 0.2) is 12.2 Å². The van der Waals surface area contributed by atoms with Gasteiger partial charge in [-0.25, -0.2) is 4.79 Å². The van der Waals surface area contributed by atoms with Crippen molar-refractivity contribution in [3.8, 4) is 0 Å². The number of carbonyl (C=O) groups excluding carboxylic acids is 1. The van der Waals surface area contributed by atoms with Gasteiger partial charge in [-0.15, -0.1) is 0 Å². The highest BCUT2D eigenvalue weighted by Gasteiger charge is 2.29. The van der Waals surface area contributed by atoms with Crippen molar-refractivity contribution in [2.24, 2.45) is 0 Å². The molecule has 0 aromatic carbocycles. The number of hydrogen-bond donors (Lipinski definition) is 1. The molecule has 17 heavy (non-hydrogen) atoms. The molecular formula is C12H21NO4. The van der Waals surface area contributed by atoms with Gasteiger partial charge in [0.2, 0.25) is 0 Å². The number of nitrogens with zero attached hydrogens (tertiary/aromatic N) is 1. The molecule has 0 radical (unpaired) electrons. The van der Waals surface area contributed by atoms with Crippen LogP contribution in [0.25, 0.3) is 0 Å². The Labute approximate surface area is 102 Å². The minimum absolute atomic E-state index is 0.0430. The van der Waals surface area contributed by atoms with Gasteiger partial charge in [-0.2, -0.15) is 0 Å². The van der Waals surface area contributed by atoms with Gasteiger partial charge in [0.1, 0.15) is 5.60 Å². The molecule has 1 amide bonds. The topological polar surface area (TPSA) is 59.0 Å². The summed E-state index contributed by atoms with van der Waals surface area (Å²) in [6, 6.07) is -0.161. The number of ether oxygens (including phenoxy) is 2. The first-order valence-corrected chi connectivity index (χ1v) is 5.79. The highest BCUT2D eigenvalue weighted by molar-refractivity contribution is 5.69. The van der Waals surface area contributed by atoms with Crippen molar-refractivity contribution in [2.75, 3.05) is 26.4 Å². The monoisotopic (exact) mass is 243 g/mol. The molecule has 1 saturated heterocycles. The third kappa shape index (κ3) is 4.75. The van der Waals surface area contributed by atoms with E-state index in [2.05, 4.69) is 0 Å². The second-order valence-electron chi connectivity index (χ2n) is 4.93. The van der Waals surface area contributed by atoms with Crippen LogP contribution in [0, 0.1) is 0 Å². The maximum atomic E-state index is 11.9. The molecule has 1 atom stereocenters. The van der Waals surface area contributed by atoms with Crippen LogP contribution in [0.5, 0.6) is 0 Å². The van der Waals surface area contributed by atoms with Gasteiger partial charge >= 0.3 is 6.09 Å². The van der Waals surface area contributed by atoms with Gasteiger partial charge in [-0.1, -0.05) is 12.2 Å². The molecule has 0 saturated carbocycles. The van der Waals surface area contributed by atoms with E-state index >= 15 is 0 Å². The lowest BCUT2D eigenvalue weighted by Gasteiger charge is -2.35. The van der Waals surface area contributed by atoms with E-state index in [9.17, 15) is 4.79 Å². The third-order valence-electron chi connectivity index (χ3n) is 2.26. The minimum Gasteiger partial charge on any atom is -0.444 e. The number of carbonyl (C=O) groups is 1. The lowest BCUT2D eigenvalue weighted by molar-refractivity contribution is -0.0218. The summed E-state index contributed by atoms with van der Waals surface area (Å²) < 4.78 is 10.6. The number of aliphatic hydroxyl groups excluding tert-OH is 1. The Morgan fingerprint density at radius 2 is 2.29 bits per heavy atom. The number of hydrogen-bond acceptors (Lipinski definition) is 4. The lowest BCUT2D eigenvalue weighted by Crippen LogP contribution is -2.49. The van der Waals surface area contributed by atoms with E-state index in [-0.39, 0.29) is 18.7 Å². The van der Waals surface area contributed by atoms with E-state index in [0.29, 0.717) is 19.8 Å². The molecule has 5 heteroatoms. The van der Waals surface area contributed by atoms with Gasteiger partial charge in [-0.05, 0) is 20.8 Å². The van der Waals surface area contributed by atoms with Crippen LogP contribution in [-0.4, -0.2) is 54.1 Å². The summed E-state index contributed by atoms with van der Waals surface area (Å²) in [5.41, 5.74) is -0.499. The van der Waals surface area contributed by atoms with Gasteiger partial charge in [0, 0.05) is 6.54 Å². The Hall–Kier alpha value is -1.07. The van der Waals surface area contributed by atoms with Crippen LogP contribution < -0.4 is 0 Å². The Kier molecular flexibility index (Phi) is 4.96. The van der Waals surface area contributed by atoms with Gasteiger partial charge in [0.25, 0.3) is 0 Å². The van der Waals surface area contributed by atoms with Gasteiger partial charge in [0.15, 0.2) is 0 Å². The lowest BCUT2D eigenvalue weighted by atomic mass is 10.2. The predicted octanol–water partition coefficient (Wildman–Crippen LogP) is 1.17. The summed E-state index contributed by atoms with van der Waals surface area (Å²) in [4.78, 5) is 13.6. The predicted molar refractivity (Wildman–Crippen MR) is 63.8 cm³/mol. The maximum Gasteiger partial charge on any atom is 0.410 e. The third-order valence-corrected chi connectivity index (χ3v) is 2.26. The number of aliphatic hydroxyl groups is 1. The second-order valence-corrected chi connectivity index (χ2v) is 4.93. The quantitative estimate of drug-likeness (QED) is 0.740. The first-order chi connectivity index (χ1) is 7.94.